The molecule has 1 saturated heterocycles. The summed E-state index contributed by atoms with van der Waals surface area (Å²) in [6.45, 7) is 2.16. The van der Waals surface area contributed by atoms with Crippen molar-refractivity contribution in [1.82, 2.24) is 9.97 Å². The molecular weight excluding hydrogens is 369 g/mol. The number of anilines is 4. The lowest BCUT2D eigenvalue weighted by Gasteiger charge is -2.28. The van der Waals surface area contributed by atoms with Crippen molar-refractivity contribution in [2.75, 3.05) is 28.6 Å². The minimum absolute atomic E-state index is 0.240. The average Bonchev–Trinajstić information content (AvgIpc) is 2.77. The number of nitrogens with zero attached hydrogens (tertiary/aromatic N) is 3. The van der Waals surface area contributed by atoms with Crippen molar-refractivity contribution in [1.29, 1.82) is 0 Å². The van der Waals surface area contributed by atoms with Crippen LogP contribution >= 0.6 is 0 Å². The second-order valence-corrected chi connectivity index (χ2v) is 6.97. The Morgan fingerprint density at radius 1 is 0.897 bits per heavy atom. The van der Waals surface area contributed by atoms with E-state index in [2.05, 4.69) is 25.5 Å². The van der Waals surface area contributed by atoms with Gasteiger partial charge in [0.25, 0.3) is 5.91 Å². The molecule has 1 aliphatic rings. The van der Waals surface area contributed by atoms with E-state index in [0.29, 0.717) is 17.2 Å². The van der Waals surface area contributed by atoms with Crippen LogP contribution in [0.3, 0.4) is 0 Å². The summed E-state index contributed by atoms with van der Waals surface area (Å²) in [5.74, 6) is -0.179. The number of benzene rings is 2. The van der Waals surface area contributed by atoms with Gasteiger partial charge >= 0.3 is 0 Å². The lowest BCUT2D eigenvalue weighted by molar-refractivity contribution is 0.102. The second kappa shape index (κ2) is 8.68. The summed E-state index contributed by atoms with van der Waals surface area (Å²) < 4.78 is 13.0. The fourth-order valence-electron chi connectivity index (χ4n) is 3.33. The summed E-state index contributed by atoms with van der Waals surface area (Å²) in [4.78, 5) is 23.1. The third kappa shape index (κ3) is 4.87. The van der Waals surface area contributed by atoms with E-state index in [0.717, 1.165) is 13.1 Å². The van der Waals surface area contributed by atoms with Gasteiger partial charge in [0.1, 0.15) is 23.7 Å². The van der Waals surface area contributed by atoms with E-state index in [4.69, 9.17) is 0 Å². The second-order valence-electron chi connectivity index (χ2n) is 6.97. The summed E-state index contributed by atoms with van der Waals surface area (Å²) in [5.41, 5.74) is 2.80. The number of carbonyl (C=O) groups excluding carboxylic acids is 1. The van der Waals surface area contributed by atoms with Crippen LogP contribution in [-0.4, -0.2) is 29.0 Å². The van der Waals surface area contributed by atoms with Gasteiger partial charge in [0.2, 0.25) is 0 Å². The molecule has 1 fully saturated rings. The van der Waals surface area contributed by atoms with Crippen LogP contribution in [0.2, 0.25) is 0 Å². The summed E-state index contributed by atoms with van der Waals surface area (Å²) in [6.07, 6.45) is 5.06. The van der Waals surface area contributed by atoms with Gasteiger partial charge in [0.15, 0.2) is 0 Å². The number of hydrogen-bond acceptors (Lipinski definition) is 5. The molecule has 0 unspecified atom stereocenters. The molecular formula is C22H22FN5O. The zero-order valence-electron chi connectivity index (χ0n) is 15.9. The van der Waals surface area contributed by atoms with E-state index in [1.807, 2.05) is 24.3 Å². The number of carbonyl (C=O) groups is 1. The van der Waals surface area contributed by atoms with Crippen molar-refractivity contribution in [3.63, 3.8) is 0 Å². The SMILES string of the molecule is O=C(Nc1ccc(N2CCCCC2)cc1)c1cc(Nc2ccc(F)cc2)ncn1. The number of aromatic nitrogens is 2. The highest BCUT2D eigenvalue weighted by Gasteiger charge is 2.12. The highest BCUT2D eigenvalue weighted by molar-refractivity contribution is 6.03. The summed E-state index contributed by atoms with van der Waals surface area (Å²) in [7, 11) is 0. The first-order valence-corrected chi connectivity index (χ1v) is 9.68. The third-order valence-corrected chi connectivity index (χ3v) is 4.86. The zero-order chi connectivity index (χ0) is 20.1. The quantitative estimate of drug-likeness (QED) is 0.665. The van der Waals surface area contributed by atoms with Gasteiger partial charge in [-0.25, -0.2) is 14.4 Å². The van der Waals surface area contributed by atoms with Gasteiger partial charge in [0, 0.05) is 36.2 Å². The molecule has 29 heavy (non-hydrogen) atoms. The monoisotopic (exact) mass is 391 g/mol. The van der Waals surface area contributed by atoms with Gasteiger partial charge in [-0.05, 0) is 67.8 Å². The first kappa shape index (κ1) is 18.9. The number of amides is 1. The molecule has 0 bridgehead atoms. The van der Waals surface area contributed by atoms with Crippen molar-refractivity contribution in [2.24, 2.45) is 0 Å². The smallest absolute Gasteiger partial charge is 0.274 e. The van der Waals surface area contributed by atoms with Crippen LogP contribution in [-0.2, 0) is 0 Å². The van der Waals surface area contributed by atoms with Crippen LogP contribution in [0.4, 0.5) is 27.3 Å². The van der Waals surface area contributed by atoms with E-state index >= 15 is 0 Å². The van der Waals surface area contributed by atoms with Crippen LogP contribution in [0, 0.1) is 5.82 Å². The van der Waals surface area contributed by atoms with Crippen molar-refractivity contribution in [2.45, 2.75) is 19.3 Å². The number of nitrogens with one attached hydrogen (secondary N) is 2. The van der Waals surface area contributed by atoms with E-state index < -0.39 is 0 Å². The molecule has 2 heterocycles. The van der Waals surface area contributed by atoms with Crippen molar-refractivity contribution < 1.29 is 9.18 Å². The lowest BCUT2D eigenvalue weighted by atomic mass is 10.1. The molecule has 1 amide bonds. The Morgan fingerprint density at radius 3 is 2.31 bits per heavy atom. The molecule has 3 aromatic rings. The fourth-order valence-corrected chi connectivity index (χ4v) is 3.33. The molecule has 0 saturated carbocycles. The highest BCUT2D eigenvalue weighted by atomic mass is 19.1. The van der Waals surface area contributed by atoms with Crippen LogP contribution in [0.25, 0.3) is 0 Å². The maximum atomic E-state index is 13.0. The molecule has 7 heteroatoms. The Labute approximate surface area is 168 Å². The van der Waals surface area contributed by atoms with Crippen LogP contribution < -0.4 is 15.5 Å². The summed E-state index contributed by atoms with van der Waals surface area (Å²) in [5, 5.41) is 5.89. The molecule has 148 valence electrons. The summed E-state index contributed by atoms with van der Waals surface area (Å²) >= 11 is 0. The largest absolute Gasteiger partial charge is 0.372 e. The molecule has 1 aliphatic heterocycles. The number of rotatable bonds is 5. The molecule has 4 rings (SSSR count). The highest BCUT2D eigenvalue weighted by Crippen LogP contribution is 2.22. The van der Waals surface area contributed by atoms with E-state index in [1.54, 1.807) is 18.2 Å². The minimum atomic E-state index is -0.319. The maximum absolute atomic E-state index is 13.0. The molecule has 0 aliphatic carbocycles. The first-order valence-electron chi connectivity index (χ1n) is 9.68. The number of piperidine rings is 1. The van der Waals surface area contributed by atoms with Crippen molar-refractivity contribution in [3.8, 4) is 0 Å². The van der Waals surface area contributed by atoms with Gasteiger partial charge in [-0.3, -0.25) is 4.79 Å². The summed E-state index contributed by atoms with van der Waals surface area (Å²) in [6, 6.07) is 15.3. The lowest BCUT2D eigenvalue weighted by Crippen LogP contribution is -2.29. The van der Waals surface area contributed by atoms with Crippen LogP contribution in [0.5, 0.6) is 0 Å². The zero-order valence-corrected chi connectivity index (χ0v) is 15.9. The molecule has 0 spiro atoms. The van der Waals surface area contributed by atoms with Gasteiger partial charge < -0.3 is 15.5 Å². The first-order chi connectivity index (χ1) is 14.2. The van der Waals surface area contributed by atoms with Gasteiger partial charge in [-0.2, -0.15) is 0 Å². The van der Waals surface area contributed by atoms with E-state index in [1.165, 1.54) is 43.4 Å². The van der Waals surface area contributed by atoms with E-state index in [9.17, 15) is 9.18 Å². The van der Waals surface area contributed by atoms with Crippen molar-refractivity contribution in [3.05, 3.63) is 72.4 Å². The van der Waals surface area contributed by atoms with Gasteiger partial charge in [-0.1, -0.05) is 0 Å². The standard InChI is InChI=1S/C22H22FN5O/c23-16-4-6-17(7-5-16)26-21-14-20(24-15-25-21)22(29)27-18-8-10-19(11-9-18)28-12-2-1-3-13-28/h4-11,14-15H,1-3,12-13H2,(H,27,29)(H,24,25,26). The van der Waals surface area contributed by atoms with Crippen LogP contribution in [0.15, 0.2) is 60.9 Å². The minimum Gasteiger partial charge on any atom is -0.372 e. The average molecular weight is 391 g/mol. The molecule has 0 radical (unpaired) electrons. The predicted octanol–water partition coefficient (Wildman–Crippen LogP) is 4.60. The Kier molecular flexibility index (Phi) is 5.65. The Balaban J connectivity index is 1.41. The number of halogens is 1. The molecule has 2 N–H and O–H groups in total. The third-order valence-electron chi connectivity index (χ3n) is 4.86. The maximum Gasteiger partial charge on any atom is 0.274 e. The Bertz CT molecular complexity index is 969. The fraction of sp³-hybridized carbons (Fsp3) is 0.227. The number of hydrogen-bond donors (Lipinski definition) is 2. The van der Waals surface area contributed by atoms with Gasteiger partial charge in [0.05, 0.1) is 0 Å². The van der Waals surface area contributed by atoms with Crippen LogP contribution in [0.1, 0.15) is 29.8 Å². The molecule has 6 nitrogen and oxygen atoms in total. The van der Waals surface area contributed by atoms with E-state index in [-0.39, 0.29) is 17.4 Å². The Morgan fingerprint density at radius 2 is 1.59 bits per heavy atom. The van der Waals surface area contributed by atoms with Crippen molar-refractivity contribution >= 4 is 28.8 Å². The normalized spacial score (nSPS) is 13.8. The Hall–Kier alpha value is -3.48. The molecule has 1 aromatic heterocycles. The molecule has 0 atom stereocenters. The predicted molar refractivity (Wildman–Crippen MR) is 112 cm³/mol. The molecule has 2 aromatic carbocycles. The van der Waals surface area contributed by atoms with Gasteiger partial charge in [-0.15, -0.1) is 0 Å². The topological polar surface area (TPSA) is 70.2 Å².